The summed E-state index contributed by atoms with van der Waals surface area (Å²) in [6.45, 7) is 0.229. The highest BCUT2D eigenvalue weighted by molar-refractivity contribution is 8.00. The first kappa shape index (κ1) is 8.91. The van der Waals surface area contributed by atoms with Crippen LogP contribution in [0.2, 0.25) is 0 Å². The highest BCUT2D eigenvalue weighted by Gasteiger charge is 2.23. The van der Waals surface area contributed by atoms with Gasteiger partial charge in [0, 0.05) is 22.3 Å². The minimum atomic E-state index is 0.229. The van der Waals surface area contributed by atoms with Gasteiger partial charge in [-0.3, -0.25) is 0 Å². The quantitative estimate of drug-likeness (QED) is 0.757. The molecule has 0 aromatic heterocycles. The summed E-state index contributed by atoms with van der Waals surface area (Å²) in [6.07, 6.45) is 1.69. The van der Waals surface area contributed by atoms with Crippen molar-refractivity contribution in [2.45, 2.75) is 23.0 Å². The predicted molar refractivity (Wildman–Crippen MR) is 53.2 cm³/mol. The van der Waals surface area contributed by atoms with Gasteiger partial charge in [0.15, 0.2) is 0 Å². The lowest BCUT2D eigenvalue weighted by molar-refractivity contribution is 0.287. The number of phenolic OH excluding ortho intramolecular Hbond substituents is 1. The number of rotatable bonds is 2. The molecule has 1 unspecified atom stereocenters. The molecule has 0 saturated heterocycles. The Bertz CT molecular complexity index is 312. The summed E-state index contributed by atoms with van der Waals surface area (Å²) in [6, 6.07) is 5.61. The highest BCUT2D eigenvalue weighted by Crippen LogP contribution is 2.42. The van der Waals surface area contributed by atoms with Gasteiger partial charge >= 0.3 is 0 Å². The molecule has 3 heteroatoms. The summed E-state index contributed by atoms with van der Waals surface area (Å²) < 4.78 is 0. The molecular formula is C10H12O2S. The van der Waals surface area contributed by atoms with Crippen molar-refractivity contribution >= 4 is 11.8 Å². The molecule has 2 nitrogen and oxygen atoms in total. The molecule has 2 rings (SSSR count). The van der Waals surface area contributed by atoms with Crippen LogP contribution in [-0.2, 0) is 6.42 Å². The second kappa shape index (κ2) is 3.60. The third-order valence-corrected chi connectivity index (χ3v) is 3.66. The number of phenols is 1. The summed E-state index contributed by atoms with van der Waals surface area (Å²) >= 11 is 1.75. The first-order valence-corrected chi connectivity index (χ1v) is 5.27. The van der Waals surface area contributed by atoms with Gasteiger partial charge in [0.25, 0.3) is 0 Å². The van der Waals surface area contributed by atoms with Crippen LogP contribution in [-0.4, -0.2) is 22.1 Å². The number of aliphatic hydroxyl groups is 1. The molecule has 2 N–H and O–H groups in total. The Morgan fingerprint density at radius 2 is 2.31 bits per heavy atom. The molecular weight excluding hydrogens is 184 g/mol. The summed E-state index contributed by atoms with van der Waals surface area (Å²) in [5, 5.41) is 18.8. The monoisotopic (exact) mass is 196 g/mol. The maximum absolute atomic E-state index is 9.54. The Morgan fingerprint density at radius 1 is 1.46 bits per heavy atom. The van der Waals surface area contributed by atoms with Gasteiger partial charge < -0.3 is 10.2 Å². The fourth-order valence-corrected chi connectivity index (χ4v) is 2.94. The third-order valence-electron chi connectivity index (χ3n) is 2.28. The van der Waals surface area contributed by atoms with Crippen LogP contribution in [0.4, 0.5) is 0 Å². The van der Waals surface area contributed by atoms with E-state index < -0.39 is 0 Å². The largest absolute Gasteiger partial charge is 0.508 e. The standard InChI is InChI=1S/C10H12O2S/c11-5-4-7-6-8-9(12)2-1-3-10(8)13-7/h1-3,7,11-12H,4-6H2. The van der Waals surface area contributed by atoms with Gasteiger partial charge in [-0.25, -0.2) is 0 Å². The van der Waals surface area contributed by atoms with E-state index in [2.05, 4.69) is 0 Å². The molecule has 0 bridgehead atoms. The second-order valence-electron chi connectivity index (χ2n) is 3.21. The van der Waals surface area contributed by atoms with Crippen LogP contribution in [0.25, 0.3) is 0 Å². The second-order valence-corrected chi connectivity index (χ2v) is 4.55. The molecule has 1 aromatic carbocycles. The van der Waals surface area contributed by atoms with Crippen molar-refractivity contribution in [1.82, 2.24) is 0 Å². The molecule has 0 aliphatic carbocycles. The number of fused-ring (bicyclic) bond motifs is 1. The minimum Gasteiger partial charge on any atom is -0.508 e. The fourth-order valence-electron chi connectivity index (χ4n) is 1.62. The topological polar surface area (TPSA) is 40.5 Å². The molecule has 0 fully saturated rings. The lowest BCUT2D eigenvalue weighted by Gasteiger charge is -2.03. The molecule has 1 aliphatic rings. The Morgan fingerprint density at radius 3 is 3.00 bits per heavy atom. The van der Waals surface area contributed by atoms with Crippen molar-refractivity contribution in [3.8, 4) is 5.75 Å². The predicted octanol–water partition coefficient (Wildman–Crippen LogP) is 1.79. The normalized spacial score (nSPS) is 20.2. The van der Waals surface area contributed by atoms with Crippen LogP contribution in [0, 0.1) is 0 Å². The van der Waals surface area contributed by atoms with E-state index in [-0.39, 0.29) is 6.61 Å². The molecule has 0 amide bonds. The van der Waals surface area contributed by atoms with E-state index in [1.807, 2.05) is 12.1 Å². The lowest BCUT2D eigenvalue weighted by Crippen LogP contribution is -2.02. The van der Waals surface area contributed by atoms with E-state index in [1.54, 1.807) is 17.8 Å². The Kier molecular flexibility index (Phi) is 2.47. The van der Waals surface area contributed by atoms with Crippen molar-refractivity contribution < 1.29 is 10.2 Å². The SMILES string of the molecule is OCCC1Cc2c(O)cccc2S1. The van der Waals surface area contributed by atoms with Crippen LogP contribution < -0.4 is 0 Å². The number of benzene rings is 1. The minimum absolute atomic E-state index is 0.229. The number of thioether (sulfide) groups is 1. The maximum Gasteiger partial charge on any atom is 0.119 e. The van der Waals surface area contributed by atoms with Gasteiger partial charge in [0.05, 0.1) is 0 Å². The van der Waals surface area contributed by atoms with E-state index in [0.29, 0.717) is 11.0 Å². The molecule has 1 aromatic rings. The van der Waals surface area contributed by atoms with Crippen molar-refractivity contribution in [1.29, 1.82) is 0 Å². The molecule has 0 spiro atoms. The maximum atomic E-state index is 9.54. The molecule has 0 radical (unpaired) electrons. The van der Waals surface area contributed by atoms with E-state index in [0.717, 1.165) is 18.4 Å². The van der Waals surface area contributed by atoms with E-state index in [4.69, 9.17) is 5.11 Å². The molecule has 1 aliphatic heterocycles. The average molecular weight is 196 g/mol. The third kappa shape index (κ3) is 1.67. The fraction of sp³-hybridized carbons (Fsp3) is 0.400. The van der Waals surface area contributed by atoms with Gasteiger partial charge in [0.2, 0.25) is 0 Å². The van der Waals surface area contributed by atoms with Crippen LogP contribution in [0.5, 0.6) is 5.75 Å². The first-order valence-electron chi connectivity index (χ1n) is 4.39. The first-order chi connectivity index (χ1) is 6.31. The van der Waals surface area contributed by atoms with Gasteiger partial charge in [0.1, 0.15) is 5.75 Å². The van der Waals surface area contributed by atoms with Crippen molar-refractivity contribution in [3.05, 3.63) is 23.8 Å². The van der Waals surface area contributed by atoms with Gasteiger partial charge in [-0.15, -0.1) is 11.8 Å². The molecule has 13 heavy (non-hydrogen) atoms. The van der Waals surface area contributed by atoms with Crippen LogP contribution in [0.3, 0.4) is 0 Å². The van der Waals surface area contributed by atoms with Gasteiger partial charge in [-0.05, 0) is 25.0 Å². The average Bonchev–Trinajstić information content (AvgIpc) is 2.49. The number of hydrogen-bond acceptors (Lipinski definition) is 3. The Labute approximate surface area is 81.6 Å². The molecule has 70 valence electrons. The van der Waals surface area contributed by atoms with Crippen LogP contribution in [0.1, 0.15) is 12.0 Å². The van der Waals surface area contributed by atoms with Crippen molar-refractivity contribution in [3.63, 3.8) is 0 Å². The Balaban J connectivity index is 2.20. The zero-order valence-electron chi connectivity index (χ0n) is 7.23. The summed E-state index contributed by atoms with van der Waals surface area (Å²) in [5.74, 6) is 0.394. The summed E-state index contributed by atoms with van der Waals surface area (Å²) in [7, 11) is 0. The molecule has 0 saturated carbocycles. The Hall–Kier alpha value is -0.670. The van der Waals surface area contributed by atoms with Gasteiger partial charge in [-0.1, -0.05) is 6.07 Å². The number of hydrogen-bond donors (Lipinski definition) is 2. The zero-order chi connectivity index (χ0) is 9.26. The number of aliphatic hydroxyl groups excluding tert-OH is 1. The smallest absolute Gasteiger partial charge is 0.119 e. The van der Waals surface area contributed by atoms with Gasteiger partial charge in [-0.2, -0.15) is 0 Å². The number of aromatic hydroxyl groups is 1. The van der Waals surface area contributed by atoms with Crippen LogP contribution in [0.15, 0.2) is 23.1 Å². The van der Waals surface area contributed by atoms with Crippen molar-refractivity contribution in [2.24, 2.45) is 0 Å². The van der Waals surface area contributed by atoms with E-state index >= 15 is 0 Å². The zero-order valence-corrected chi connectivity index (χ0v) is 8.05. The molecule has 1 heterocycles. The van der Waals surface area contributed by atoms with Crippen molar-refractivity contribution in [2.75, 3.05) is 6.61 Å². The highest BCUT2D eigenvalue weighted by atomic mass is 32.2. The van der Waals surface area contributed by atoms with E-state index in [1.165, 1.54) is 4.90 Å². The summed E-state index contributed by atoms with van der Waals surface area (Å²) in [4.78, 5) is 1.17. The molecule has 1 atom stereocenters. The lowest BCUT2D eigenvalue weighted by atomic mass is 10.1. The van der Waals surface area contributed by atoms with E-state index in [9.17, 15) is 5.11 Å². The summed E-state index contributed by atoms with van der Waals surface area (Å²) in [5.41, 5.74) is 1.05. The van der Waals surface area contributed by atoms with Crippen LogP contribution >= 0.6 is 11.8 Å².